The number of carbonyl (C=O) groups excluding carboxylic acids is 1. The van der Waals surface area contributed by atoms with E-state index in [9.17, 15) is 9.90 Å². The maximum Gasteiger partial charge on any atom is 0.323 e. The van der Waals surface area contributed by atoms with Crippen LogP contribution in [-0.2, 0) is 5.41 Å². The summed E-state index contributed by atoms with van der Waals surface area (Å²) in [7, 11) is 0. The van der Waals surface area contributed by atoms with Crippen molar-refractivity contribution in [2.45, 2.75) is 45.1 Å². The van der Waals surface area contributed by atoms with Gasteiger partial charge >= 0.3 is 6.03 Å². The molecule has 1 aromatic rings. The number of likely N-dealkylation sites (tertiary alicyclic amines) is 1. The summed E-state index contributed by atoms with van der Waals surface area (Å²) in [6, 6.07) is 1.49. The first kappa shape index (κ1) is 13.9. The van der Waals surface area contributed by atoms with Gasteiger partial charge in [-0.2, -0.15) is 0 Å². The molecule has 6 nitrogen and oxygen atoms in total. The van der Waals surface area contributed by atoms with E-state index in [1.807, 2.05) is 20.8 Å². The lowest BCUT2D eigenvalue weighted by molar-refractivity contribution is 0.0883. The molecular weight excluding hydrogens is 246 g/mol. The molecule has 1 aliphatic heterocycles. The van der Waals surface area contributed by atoms with Crippen LogP contribution in [0.5, 0.6) is 0 Å². The Morgan fingerprint density at radius 3 is 2.89 bits per heavy atom. The van der Waals surface area contributed by atoms with Crippen molar-refractivity contribution in [3.63, 3.8) is 0 Å². The first-order valence-corrected chi connectivity index (χ1v) is 6.57. The highest BCUT2D eigenvalue weighted by Gasteiger charge is 2.24. The molecule has 19 heavy (non-hydrogen) atoms. The highest BCUT2D eigenvalue weighted by molar-refractivity contribution is 5.88. The van der Waals surface area contributed by atoms with E-state index in [4.69, 9.17) is 4.52 Å². The molecule has 1 fully saturated rings. The van der Waals surface area contributed by atoms with Crippen molar-refractivity contribution in [2.75, 3.05) is 18.4 Å². The number of aliphatic hydroxyl groups is 1. The van der Waals surface area contributed by atoms with Gasteiger partial charge in [-0.1, -0.05) is 25.9 Å². The minimum absolute atomic E-state index is 0.142. The Hall–Kier alpha value is -1.56. The van der Waals surface area contributed by atoms with Gasteiger partial charge in [0.2, 0.25) is 0 Å². The third-order valence-electron chi connectivity index (χ3n) is 3.17. The first-order valence-electron chi connectivity index (χ1n) is 6.57. The fourth-order valence-electron chi connectivity index (χ4n) is 2.02. The van der Waals surface area contributed by atoms with Crippen LogP contribution in [0.25, 0.3) is 0 Å². The maximum absolute atomic E-state index is 12.0. The number of β-amino-alcohol motifs (C(OH)–C–C–N with tert-alkyl or cyclic N) is 1. The van der Waals surface area contributed by atoms with Crippen LogP contribution in [0.4, 0.5) is 10.6 Å². The lowest BCUT2D eigenvalue weighted by Gasteiger charge is -2.29. The lowest BCUT2D eigenvalue weighted by atomic mass is 9.93. The third-order valence-corrected chi connectivity index (χ3v) is 3.17. The summed E-state index contributed by atoms with van der Waals surface area (Å²) in [6.45, 7) is 7.07. The SMILES string of the molecule is CC(C)(C)c1cc(NC(=O)N2CCCC(O)C2)no1. The van der Waals surface area contributed by atoms with Crippen molar-refractivity contribution < 1.29 is 14.4 Å². The average molecular weight is 267 g/mol. The molecule has 2 rings (SSSR count). The van der Waals surface area contributed by atoms with Gasteiger partial charge < -0.3 is 14.5 Å². The molecule has 0 aliphatic carbocycles. The maximum atomic E-state index is 12.0. The molecule has 1 aliphatic rings. The zero-order valence-corrected chi connectivity index (χ0v) is 11.6. The molecule has 1 unspecified atom stereocenters. The molecule has 1 saturated heterocycles. The van der Waals surface area contributed by atoms with Gasteiger partial charge in [-0.3, -0.25) is 5.32 Å². The van der Waals surface area contributed by atoms with E-state index in [-0.39, 0.29) is 11.4 Å². The van der Waals surface area contributed by atoms with Crippen molar-refractivity contribution in [3.05, 3.63) is 11.8 Å². The minimum Gasteiger partial charge on any atom is -0.391 e. The van der Waals surface area contributed by atoms with E-state index in [1.165, 1.54) is 0 Å². The predicted octanol–water partition coefficient (Wildman–Crippen LogP) is 1.96. The molecule has 2 N–H and O–H groups in total. The fourth-order valence-corrected chi connectivity index (χ4v) is 2.02. The van der Waals surface area contributed by atoms with Crippen LogP contribution in [0.1, 0.15) is 39.4 Å². The topological polar surface area (TPSA) is 78.6 Å². The molecule has 1 atom stereocenters. The summed E-state index contributed by atoms with van der Waals surface area (Å²) in [4.78, 5) is 13.6. The van der Waals surface area contributed by atoms with Gasteiger partial charge in [0.15, 0.2) is 5.82 Å². The number of urea groups is 1. The predicted molar refractivity (Wildman–Crippen MR) is 71.0 cm³/mol. The second-order valence-electron chi connectivity index (χ2n) is 6.00. The van der Waals surface area contributed by atoms with Gasteiger partial charge in [0.1, 0.15) is 5.76 Å². The molecule has 1 aromatic heterocycles. The van der Waals surface area contributed by atoms with Gasteiger partial charge in [0, 0.05) is 24.6 Å². The number of aromatic nitrogens is 1. The standard InChI is InChI=1S/C13H21N3O3/c1-13(2,3)10-7-11(15-19-10)14-12(18)16-6-4-5-9(17)8-16/h7,9,17H,4-6,8H2,1-3H3,(H,14,15,18). The third kappa shape index (κ3) is 3.47. The van der Waals surface area contributed by atoms with E-state index >= 15 is 0 Å². The Bertz CT molecular complexity index is 450. The van der Waals surface area contributed by atoms with Crippen LogP contribution < -0.4 is 5.32 Å². The fraction of sp³-hybridized carbons (Fsp3) is 0.692. The summed E-state index contributed by atoms with van der Waals surface area (Å²) in [6.07, 6.45) is 1.14. The van der Waals surface area contributed by atoms with Gasteiger partial charge in [-0.25, -0.2) is 4.79 Å². The Labute approximate surface area is 112 Å². The summed E-state index contributed by atoms with van der Waals surface area (Å²) in [5.74, 6) is 1.14. The van der Waals surface area contributed by atoms with Gasteiger partial charge in [0.05, 0.1) is 6.10 Å². The van der Waals surface area contributed by atoms with Crippen LogP contribution in [0.3, 0.4) is 0 Å². The number of hydrogen-bond acceptors (Lipinski definition) is 4. The van der Waals surface area contributed by atoms with Crippen LogP contribution >= 0.6 is 0 Å². The lowest BCUT2D eigenvalue weighted by Crippen LogP contribution is -2.44. The number of nitrogens with zero attached hydrogens (tertiary/aromatic N) is 2. The number of rotatable bonds is 1. The van der Waals surface area contributed by atoms with Crippen LogP contribution in [0.2, 0.25) is 0 Å². The first-order chi connectivity index (χ1) is 8.86. The molecule has 6 heteroatoms. The van der Waals surface area contributed by atoms with Crippen LogP contribution in [0.15, 0.2) is 10.6 Å². The molecule has 0 spiro atoms. The second kappa shape index (κ2) is 5.21. The van der Waals surface area contributed by atoms with Crippen molar-refractivity contribution in [2.24, 2.45) is 0 Å². The molecule has 0 saturated carbocycles. The Balaban J connectivity index is 1.97. The highest BCUT2D eigenvalue weighted by Crippen LogP contribution is 2.24. The number of piperidine rings is 1. The van der Waals surface area contributed by atoms with Crippen LogP contribution in [0, 0.1) is 0 Å². The Morgan fingerprint density at radius 2 is 2.32 bits per heavy atom. The Morgan fingerprint density at radius 1 is 1.58 bits per heavy atom. The minimum atomic E-state index is -0.429. The van der Waals surface area contributed by atoms with Gasteiger partial charge in [-0.05, 0) is 12.8 Å². The number of nitrogens with one attached hydrogen (secondary N) is 1. The highest BCUT2D eigenvalue weighted by atomic mass is 16.5. The average Bonchev–Trinajstić information content (AvgIpc) is 2.77. The van der Waals surface area contributed by atoms with Crippen LogP contribution in [-0.4, -0.2) is 40.4 Å². The largest absolute Gasteiger partial charge is 0.391 e. The molecule has 0 aromatic carbocycles. The summed E-state index contributed by atoms with van der Waals surface area (Å²) in [5.41, 5.74) is -0.142. The second-order valence-corrected chi connectivity index (χ2v) is 6.00. The molecular formula is C13H21N3O3. The van der Waals surface area contributed by atoms with Gasteiger partial charge in [0.25, 0.3) is 0 Å². The smallest absolute Gasteiger partial charge is 0.323 e. The van der Waals surface area contributed by atoms with Crippen molar-refractivity contribution >= 4 is 11.8 Å². The van der Waals surface area contributed by atoms with E-state index < -0.39 is 6.10 Å². The zero-order valence-electron chi connectivity index (χ0n) is 11.6. The Kier molecular flexibility index (Phi) is 3.80. The number of aliphatic hydroxyl groups excluding tert-OH is 1. The zero-order chi connectivity index (χ0) is 14.0. The molecule has 0 bridgehead atoms. The van der Waals surface area contributed by atoms with E-state index in [0.29, 0.717) is 18.9 Å². The molecule has 0 radical (unpaired) electrons. The van der Waals surface area contributed by atoms with E-state index in [2.05, 4.69) is 10.5 Å². The normalized spacial score (nSPS) is 20.4. The number of carbonyl (C=O) groups is 1. The number of amides is 2. The molecule has 106 valence electrons. The van der Waals surface area contributed by atoms with Gasteiger partial charge in [-0.15, -0.1) is 0 Å². The summed E-state index contributed by atoms with van der Waals surface area (Å²) < 4.78 is 5.21. The monoisotopic (exact) mass is 267 g/mol. The number of anilines is 1. The summed E-state index contributed by atoms with van der Waals surface area (Å²) >= 11 is 0. The summed E-state index contributed by atoms with van der Waals surface area (Å²) in [5, 5.41) is 16.1. The van der Waals surface area contributed by atoms with E-state index in [1.54, 1.807) is 11.0 Å². The van der Waals surface area contributed by atoms with Crippen molar-refractivity contribution in [3.8, 4) is 0 Å². The number of hydrogen-bond donors (Lipinski definition) is 2. The van der Waals surface area contributed by atoms with E-state index in [0.717, 1.165) is 18.6 Å². The van der Waals surface area contributed by atoms with Crippen molar-refractivity contribution in [1.82, 2.24) is 10.1 Å². The molecule has 2 heterocycles. The quantitative estimate of drug-likeness (QED) is 0.815. The van der Waals surface area contributed by atoms with Crippen molar-refractivity contribution in [1.29, 1.82) is 0 Å². The molecule has 2 amide bonds.